The van der Waals surface area contributed by atoms with Gasteiger partial charge in [0, 0.05) is 24.3 Å². The zero-order chi connectivity index (χ0) is 15.2. The summed E-state index contributed by atoms with van der Waals surface area (Å²) in [5, 5.41) is 18.1. The second-order valence-corrected chi connectivity index (χ2v) is 6.40. The lowest BCUT2D eigenvalue weighted by molar-refractivity contribution is 0.0643. The van der Waals surface area contributed by atoms with Gasteiger partial charge in [-0.05, 0) is 58.9 Å². The van der Waals surface area contributed by atoms with Gasteiger partial charge < -0.3 is 10.4 Å². The van der Waals surface area contributed by atoms with Gasteiger partial charge in [-0.1, -0.05) is 12.8 Å². The molecule has 2 atom stereocenters. The lowest BCUT2D eigenvalue weighted by Gasteiger charge is -2.27. The first-order chi connectivity index (χ1) is 10.1. The molecule has 2 rings (SSSR count). The summed E-state index contributed by atoms with van der Waals surface area (Å²) in [5.41, 5.74) is 3.77. The van der Waals surface area contributed by atoms with Crippen molar-refractivity contribution in [1.82, 2.24) is 15.1 Å². The van der Waals surface area contributed by atoms with Crippen molar-refractivity contribution in [2.75, 3.05) is 6.54 Å². The van der Waals surface area contributed by atoms with Crippen molar-refractivity contribution in [3.63, 3.8) is 0 Å². The second-order valence-electron chi connectivity index (χ2n) is 6.40. The molecule has 0 amide bonds. The Kier molecular flexibility index (Phi) is 6.24. The highest BCUT2D eigenvalue weighted by Crippen LogP contribution is 2.27. The van der Waals surface area contributed by atoms with Crippen LogP contribution in [0.3, 0.4) is 0 Å². The predicted octanol–water partition coefficient (Wildman–Crippen LogP) is 2.94. The number of rotatable bonds is 7. The summed E-state index contributed by atoms with van der Waals surface area (Å²) < 4.78 is 2.07. The van der Waals surface area contributed by atoms with Crippen LogP contribution >= 0.6 is 0 Å². The van der Waals surface area contributed by atoms with Crippen LogP contribution in [-0.4, -0.2) is 27.5 Å². The molecule has 1 fully saturated rings. The maximum Gasteiger partial charge on any atom is 0.0641 e. The van der Waals surface area contributed by atoms with Gasteiger partial charge in [0.2, 0.25) is 0 Å². The Morgan fingerprint density at radius 3 is 2.71 bits per heavy atom. The molecule has 4 heteroatoms. The number of nitrogens with one attached hydrogen (secondary N) is 1. The van der Waals surface area contributed by atoms with Gasteiger partial charge in [-0.25, -0.2) is 0 Å². The average Bonchev–Trinajstić information content (AvgIpc) is 2.75. The van der Waals surface area contributed by atoms with E-state index in [0.29, 0.717) is 5.92 Å². The monoisotopic (exact) mass is 293 g/mol. The van der Waals surface area contributed by atoms with E-state index < -0.39 is 0 Å². The molecule has 0 radical (unpaired) electrons. The Hall–Kier alpha value is -0.870. The Balaban J connectivity index is 1.69. The van der Waals surface area contributed by atoms with Crippen LogP contribution in [0.2, 0.25) is 0 Å². The van der Waals surface area contributed by atoms with Crippen molar-refractivity contribution in [2.24, 2.45) is 5.92 Å². The minimum absolute atomic E-state index is 0.0500. The van der Waals surface area contributed by atoms with Gasteiger partial charge in [0.05, 0.1) is 11.8 Å². The van der Waals surface area contributed by atoms with E-state index in [1.54, 1.807) is 0 Å². The molecule has 2 N–H and O–H groups in total. The van der Waals surface area contributed by atoms with Crippen LogP contribution < -0.4 is 5.32 Å². The molecule has 0 aliphatic heterocycles. The lowest BCUT2D eigenvalue weighted by atomic mass is 9.83. The summed E-state index contributed by atoms with van der Waals surface area (Å²) in [4.78, 5) is 0. The third-order valence-corrected chi connectivity index (χ3v) is 4.93. The minimum atomic E-state index is -0.0500. The zero-order valence-electron chi connectivity index (χ0n) is 13.9. The Labute approximate surface area is 128 Å². The number of aryl methyl sites for hydroxylation is 2. The summed E-state index contributed by atoms with van der Waals surface area (Å²) >= 11 is 0. The molecule has 0 spiro atoms. The Morgan fingerprint density at radius 2 is 2.05 bits per heavy atom. The number of aromatic nitrogens is 2. The van der Waals surface area contributed by atoms with E-state index in [-0.39, 0.29) is 6.10 Å². The predicted molar refractivity (Wildman–Crippen MR) is 86.3 cm³/mol. The van der Waals surface area contributed by atoms with Gasteiger partial charge >= 0.3 is 0 Å². The van der Waals surface area contributed by atoms with E-state index in [4.69, 9.17) is 0 Å². The van der Waals surface area contributed by atoms with Gasteiger partial charge in [0.1, 0.15) is 0 Å². The largest absolute Gasteiger partial charge is 0.393 e. The summed E-state index contributed by atoms with van der Waals surface area (Å²) in [6, 6.07) is 0. The SMILES string of the molecule is CCn1nc(C)c(CNCCCC2CCCCC2O)c1C. The fourth-order valence-corrected chi connectivity index (χ4v) is 3.53. The number of hydrogen-bond acceptors (Lipinski definition) is 3. The molecule has 1 aliphatic carbocycles. The van der Waals surface area contributed by atoms with E-state index >= 15 is 0 Å². The molecule has 1 aromatic rings. The van der Waals surface area contributed by atoms with Crippen molar-refractivity contribution in [3.05, 3.63) is 17.0 Å². The second kappa shape index (κ2) is 7.95. The van der Waals surface area contributed by atoms with Crippen molar-refractivity contribution in [1.29, 1.82) is 0 Å². The third-order valence-electron chi connectivity index (χ3n) is 4.93. The van der Waals surface area contributed by atoms with Gasteiger partial charge in [-0.3, -0.25) is 4.68 Å². The Bertz CT molecular complexity index is 441. The zero-order valence-corrected chi connectivity index (χ0v) is 13.9. The first-order valence-corrected chi connectivity index (χ1v) is 8.55. The number of hydrogen-bond donors (Lipinski definition) is 2. The number of nitrogens with zero attached hydrogens (tertiary/aromatic N) is 2. The standard InChI is InChI=1S/C17H31N3O/c1-4-20-14(3)16(13(2)19-20)12-18-11-7-9-15-8-5-6-10-17(15)21/h15,17-18,21H,4-12H2,1-3H3. The average molecular weight is 293 g/mol. The topological polar surface area (TPSA) is 50.1 Å². The van der Waals surface area contributed by atoms with Gasteiger partial charge in [0.25, 0.3) is 0 Å². The van der Waals surface area contributed by atoms with Crippen molar-refractivity contribution < 1.29 is 5.11 Å². The summed E-state index contributed by atoms with van der Waals surface area (Å²) in [6.45, 7) is 9.25. The normalized spacial score (nSPS) is 22.7. The van der Waals surface area contributed by atoms with Gasteiger partial charge in [-0.2, -0.15) is 5.10 Å². The third kappa shape index (κ3) is 4.30. The molecule has 0 aromatic carbocycles. The van der Waals surface area contributed by atoms with E-state index in [0.717, 1.165) is 44.6 Å². The highest BCUT2D eigenvalue weighted by molar-refractivity contribution is 5.24. The fourth-order valence-electron chi connectivity index (χ4n) is 3.53. The van der Waals surface area contributed by atoms with E-state index in [1.165, 1.54) is 30.5 Å². The summed E-state index contributed by atoms with van der Waals surface area (Å²) in [5.74, 6) is 0.534. The molecule has 4 nitrogen and oxygen atoms in total. The maximum atomic E-state index is 9.97. The molecule has 1 aliphatic rings. The number of aliphatic hydroxyl groups is 1. The van der Waals surface area contributed by atoms with E-state index in [9.17, 15) is 5.11 Å². The fraction of sp³-hybridized carbons (Fsp3) is 0.824. The quantitative estimate of drug-likeness (QED) is 0.760. The first kappa shape index (κ1) is 16.5. The van der Waals surface area contributed by atoms with Crippen molar-refractivity contribution in [2.45, 2.75) is 78.5 Å². The minimum Gasteiger partial charge on any atom is -0.393 e. The van der Waals surface area contributed by atoms with Crippen LogP contribution in [0.1, 0.15) is 62.4 Å². The van der Waals surface area contributed by atoms with Crippen molar-refractivity contribution >= 4 is 0 Å². The van der Waals surface area contributed by atoms with E-state index in [2.05, 4.69) is 35.9 Å². The smallest absolute Gasteiger partial charge is 0.0641 e. The molecule has 2 unspecified atom stereocenters. The van der Waals surface area contributed by atoms with Crippen LogP contribution in [0, 0.1) is 19.8 Å². The highest BCUT2D eigenvalue weighted by atomic mass is 16.3. The molecule has 0 saturated heterocycles. The molecule has 1 saturated carbocycles. The van der Waals surface area contributed by atoms with Crippen LogP contribution in [0.15, 0.2) is 0 Å². The lowest BCUT2D eigenvalue weighted by Crippen LogP contribution is -2.25. The maximum absolute atomic E-state index is 9.97. The van der Waals surface area contributed by atoms with Crippen molar-refractivity contribution in [3.8, 4) is 0 Å². The molecule has 21 heavy (non-hydrogen) atoms. The molecular weight excluding hydrogens is 262 g/mol. The first-order valence-electron chi connectivity index (χ1n) is 8.55. The van der Waals surface area contributed by atoms with Crippen LogP contribution in [0.5, 0.6) is 0 Å². The molecule has 0 bridgehead atoms. The van der Waals surface area contributed by atoms with Gasteiger partial charge in [-0.15, -0.1) is 0 Å². The van der Waals surface area contributed by atoms with Crippen LogP contribution in [0.25, 0.3) is 0 Å². The molecule has 120 valence electrons. The highest BCUT2D eigenvalue weighted by Gasteiger charge is 2.22. The van der Waals surface area contributed by atoms with Gasteiger partial charge in [0.15, 0.2) is 0 Å². The number of aliphatic hydroxyl groups excluding tert-OH is 1. The molecule has 1 aromatic heterocycles. The summed E-state index contributed by atoms with van der Waals surface area (Å²) in [7, 11) is 0. The van der Waals surface area contributed by atoms with Crippen LogP contribution in [-0.2, 0) is 13.1 Å². The summed E-state index contributed by atoms with van der Waals surface area (Å²) in [6.07, 6.45) is 6.97. The van der Waals surface area contributed by atoms with E-state index in [1.807, 2.05) is 0 Å². The van der Waals surface area contributed by atoms with Crippen LogP contribution in [0.4, 0.5) is 0 Å². The molecule has 1 heterocycles. The Morgan fingerprint density at radius 1 is 1.29 bits per heavy atom. The molecular formula is C17H31N3O.